The number of hydrogen-bond donors (Lipinski definition) is 8. The van der Waals surface area contributed by atoms with E-state index in [1.54, 1.807) is 0 Å². The molecule has 0 bridgehead atoms. The molecule has 2 heterocycles. The second-order valence-electron chi connectivity index (χ2n) is 9.56. The number of aliphatic carboxylic acids is 1. The lowest BCUT2D eigenvalue weighted by atomic mass is 9.90. The summed E-state index contributed by atoms with van der Waals surface area (Å²) in [5, 5.41) is 96.2. The monoisotopic (exact) mass is 591 g/mol. The summed E-state index contributed by atoms with van der Waals surface area (Å²) >= 11 is 0. The van der Waals surface area contributed by atoms with Gasteiger partial charge in [-0.1, -0.05) is 0 Å². The molecular weight excluding hydrogens is 560 g/mol. The maximum atomic E-state index is 12.1. The van der Waals surface area contributed by atoms with Gasteiger partial charge < -0.3 is 69.9 Å². The number of amides is 1. The van der Waals surface area contributed by atoms with Crippen LogP contribution in [0.25, 0.3) is 0 Å². The molecule has 2 fully saturated rings. The molecule has 41 heavy (non-hydrogen) atoms. The van der Waals surface area contributed by atoms with Crippen LogP contribution in [-0.4, -0.2) is 133 Å². The van der Waals surface area contributed by atoms with Gasteiger partial charge in [0.05, 0.1) is 24.2 Å². The normalized spacial score (nSPS) is 35.2. The topological polar surface area (TPSA) is 291 Å². The summed E-state index contributed by atoms with van der Waals surface area (Å²) in [6.45, 7) is -0.790. The Morgan fingerprint density at radius 3 is 2.32 bits per heavy atom. The number of carboxylic acids is 1. The fourth-order valence-corrected chi connectivity index (χ4v) is 4.39. The average Bonchev–Trinajstić information content (AvgIpc) is 2.92. The first-order valence-corrected chi connectivity index (χ1v) is 12.3. The number of benzene rings is 1. The molecule has 0 saturated carbocycles. The molecule has 1 aromatic rings. The number of carboxylic acid groups (broad SMARTS) is 1. The van der Waals surface area contributed by atoms with Gasteiger partial charge in [0.25, 0.3) is 5.69 Å². The predicted octanol–water partition coefficient (Wildman–Crippen LogP) is -5.39. The summed E-state index contributed by atoms with van der Waals surface area (Å²) in [7, 11) is 0. The smallest absolute Gasteiger partial charge is 0.269 e. The van der Waals surface area contributed by atoms with Crippen molar-refractivity contribution in [2.45, 2.75) is 80.3 Å². The molecule has 11 atom stereocenters. The first-order valence-electron chi connectivity index (χ1n) is 12.3. The van der Waals surface area contributed by atoms with E-state index in [-0.39, 0.29) is 11.4 Å². The van der Waals surface area contributed by atoms with Gasteiger partial charge in [0.1, 0.15) is 60.5 Å². The van der Waals surface area contributed by atoms with Crippen molar-refractivity contribution < 1.29 is 74.3 Å². The molecule has 2 saturated heterocycles. The predicted molar refractivity (Wildman–Crippen MR) is 126 cm³/mol. The number of nitro groups is 1. The van der Waals surface area contributed by atoms with Crippen LogP contribution < -0.4 is 15.2 Å². The Balaban J connectivity index is 1.83. The minimum Gasteiger partial charge on any atom is -0.544 e. The molecule has 2 aliphatic heterocycles. The van der Waals surface area contributed by atoms with E-state index in [1.807, 2.05) is 0 Å². The van der Waals surface area contributed by atoms with E-state index in [0.717, 1.165) is 19.1 Å². The van der Waals surface area contributed by atoms with Crippen LogP contribution in [0.2, 0.25) is 0 Å². The molecule has 1 amide bonds. The number of aliphatic hydroxyl groups is 7. The van der Waals surface area contributed by atoms with Gasteiger partial charge in [-0.2, -0.15) is 0 Å². The Morgan fingerprint density at radius 2 is 1.78 bits per heavy atom. The van der Waals surface area contributed by atoms with Crippen LogP contribution in [0.5, 0.6) is 5.75 Å². The van der Waals surface area contributed by atoms with Crippen molar-refractivity contribution in [3.8, 4) is 5.75 Å². The van der Waals surface area contributed by atoms with E-state index >= 15 is 0 Å². The van der Waals surface area contributed by atoms with Crippen molar-refractivity contribution in [1.82, 2.24) is 5.32 Å². The van der Waals surface area contributed by atoms with Crippen LogP contribution in [0.1, 0.15) is 13.3 Å². The van der Waals surface area contributed by atoms with Crippen LogP contribution in [0.15, 0.2) is 24.3 Å². The van der Waals surface area contributed by atoms with E-state index < -0.39 is 103 Å². The lowest BCUT2D eigenvalue weighted by Gasteiger charge is -2.48. The minimum atomic E-state index is -2.88. The summed E-state index contributed by atoms with van der Waals surface area (Å²) in [5.74, 6) is -5.61. The van der Waals surface area contributed by atoms with Crippen LogP contribution in [-0.2, 0) is 23.8 Å². The van der Waals surface area contributed by atoms with Crippen LogP contribution in [0.3, 0.4) is 0 Å². The number of carbonyl (C=O) groups is 2. The van der Waals surface area contributed by atoms with Gasteiger partial charge in [-0.25, -0.2) is 0 Å². The third-order valence-corrected chi connectivity index (χ3v) is 6.62. The number of ether oxygens (including phenoxy) is 4. The molecule has 0 aromatic heterocycles. The maximum absolute atomic E-state index is 12.1. The molecule has 230 valence electrons. The highest BCUT2D eigenvalue weighted by Gasteiger charge is 2.53. The number of nitrogens with one attached hydrogen (secondary N) is 1. The van der Waals surface area contributed by atoms with Gasteiger partial charge in [-0.15, -0.1) is 0 Å². The van der Waals surface area contributed by atoms with E-state index in [1.165, 1.54) is 12.1 Å². The average molecular weight is 591 g/mol. The van der Waals surface area contributed by atoms with Crippen molar-refractivity contribution in [2.75, 3.05) is 13.2 Å². The van der Waals surface area contributed by atoms with Gasteiger partial charge in [-0.3, -0.25) is 14.9 Å². The van der Waals surface area contributed by atoms with Crippen molar-refractivity contribution in [2.24, 2.45) is 0 Å². The van der Waals surface area contributed by atoms with Crippen LogP contribution in [0, 0.1) is 10.1 Å². The summed E-state index contributed by atoms with van der Waals surface area (Å²) < 4.78 is 21.8. The Kier molecular flexibility index (Phi) is 10.5. The zero-order valence-electron chi connectivity index (χ0n) is 21.5. The fraction of sp³-hybridized carbons (Fsp3) is 0.652. The number of carbonyl (C=O) groups excluding carboxylic acids is 2. The summed E-state index contributed by atoms with van der Waals surface area (Å²) in [4.78, 5) is 34.1. The molecular formula is C23H31N2O16-. The Labute approximate surface area is 231 Å². The molecule has 1 aromatic carbocycles. The molecule has 8 N–H and O–H groups in total. The quantitative estimate of drug-likeness (QED) is 0.0880. The van der Waals surface area contributed by atoms with E-state index in [9.17, 15) is 55.4 Å². The second-order valence-corrected chi connectivity index (χ2v) is 9.56. The van der Waals surface area contributed by atoms with Crippen LogP contribution in [0.4, 0.5) is 5.69 Å². The Bertz CT molecular complexity index is 1070. The first kappa shape index (κ1) is 32.5. The summed E-state index contributed by atoms with van der Waals surface area (Å²) in [6, 6.07) is 3.25. The summed E-state index contributed by atoms with van der Waals surface area (Å²) in [5.41, 5.74) is -0.260. The first-order chi connectivity index (χ1) is 19.2. The SMILES string of the molecule is CC(=O)NC1C(O)[C@@H](O)C(CO[C@]2(C(=O)[O-])C[C@@H](O)[C@@H](O)C([C@H](O)[C@H](O)CO)O2)O[C@H]1Oc1ccc([N+](=O)[O-])cc1. The highest BCUT2D eigenvalue weighted by molar-refractivity contribution is 5.74. The highest BCUT2D eigenvalue weighted by Crippen LogP contribution is 2.34. The molecule has 18 heteroatoms. The van der Waals surface area contributed by atoms with Crippen LogP contribution >= 0.6 is 0 Å². The highest BCUT2D eigenvalue weighted by atomic mass is 16.7. The van der Waals surface area contributed by atoms with Gasteiger partial charge in [0.2, 0.25) is 18.0 Å². The molecule has 4 unspecified atom stereocenters. The number of aliphatic hydroxyl groups excluding tert-OH is 7. The largest absolute Gasteiger partial charge is 0.544 e. The van der Waals surface area contributed by atoms with Gasteiger partial charge >= 0.3 is 0 Å². The van der Waals surface area contributed by atoms with Crippen molar-refractivity contribution in [3.05, 3.63) is 34.4 Å². The molecule has 0 aliphatic carbocycles. The number of non-ortho nitro benzene ring substituents is 1. The number of nitrogens with zero attached hydrogens (tertiary/aromatic N) is 1. The third-order valence-electron chi connectivity index (χ3n) is 6.62. The van der Waals surface area contributed by atoms with Gasteiger partial charge in [0.15, 0.2) is 0 Å². The van der Waals surface area contributed by atoms with Gasteiger partial charge in [-0.05, 0) is 12.1 Å². The fourth-order valence-electron chi connectivity index (χ4n) is 4.39. The van der Waals surface area contributed by atoms with Gasteiger partial charge in [0, 0.05) is 25.5 Å². The van der Waals surface area contributed by atoms with Crippen molar-refractivity contribution >= 4 is 17.6 Å². The Morgan fingerprint density at radius 1 is 1.15 bits per heavy atom. The molecule has 3 rings (SSSR count). The Hall–Kier alpha value is -3.04. The standard InChI is InChI=1S/C23H32N2O16/c1-9(27)24-15-19(33)18(32)14(40-21(15)39-11-4-2-10(3-5-11)25(36)37)8-38-23(22(34)35)6-12(28)16(30)20(41-23)17(31)13(29)7-26/h2-5,12-21,26,28-33H,6-8H2,1H3,(H,24,27)(H,34,35)/p-1/t12-,13-,14?,15?,16-,17-,18+,19?,20?,21-,23-/m1/s1. The van der Waals surface area contributed by atoms with Crippen molar-refractivity contribution in [3.63, 3.8) is 0 Å². The molecule has 0 spiro atoms. The van der Waals surface area contributed by atoms with E-state index in [0.29, 0.717) is 0 Å². The third kappa shape index (κ3) is 7.25. The molecule has 2 aliphatic rings. The molecule has 0 radical (unpaired) electrons. The minimum absolute atomic E-state index is 0.00240. The zero-order valence-corrected chi connectivity index (χ0v) is 21.5. The van der Waals surface area contributed by atoms with E-state index in [4.69, 9.17) is 24.1 Å². The van der Waals surface area contributed by atoms with E-state index in [2.05, 4.69) is 5.32 Å². The zero-order chi connectivity index (χ0) is 30.6. The summed E-state index contributed by atoms with van der Waals surface area (Å²) in [6.07, 6.45) is -17.5. The lowest BCUT2D eigenvalue weighted by Crippen LogP contribution is -2.68. The van der Waals surface area contributed by atoms with Crippen molar-refractivity contribution in [1.29, 1.82) is 0 Å². The number of nitro benzene ring substituents is 1. The number of rotatable bonds is 11. The second kappa shape index (κ2) is 13.3. The molecule has 18 nitrogen and oxygen atoms in total. The maximum Gasteiger partial charge on any atom is 0.269 e. The number of hydrogen-bond acceptors (Lipinski definition) is 16. The lowest BCUT2D eigenvalue weighted by molar-refractivity contribution is -0.392.